The third-order valence-electron chi connectivity index (χ3n) is 3.35. The van der Waals surface area contributed by atoms with E-state index in [1.165, 1.54) is 0 Å². The molecule has 2 rings (SSSR count). The molecule has 0 aromatic heterocycles. The molecule has 0 spiro atoms. The maximum Gasteiger partial charge on any atom is 0.150 e. The molecule has 0 aliphatic carbocycles. The van der Waals surface area contributed by atoms with Crippen LogP contribution in [-0.2, 0) is 16.3 Å². The molecule has 0 amide bonds. The normalized spacial score (nSPS) is 24.0. The Morgan fingerprint density at radius 3 is 2.83 bits per heavy atom. The van der Waals surface area contributed by atoms with E-state index in [4.69, 9.17) is 17.3 Å². The van der Waals surface area contributed by atoms with Crippen LogP contribution in [0, 0.1) is 5.92 Å². The second-order valence-electron chi connectivity index (χ2n) is 5.10. The van der Waals surface area contributed by atoms with Gasteiger partial charge < -0.3 is 5.73 Å². The van der Waals surface area contributed by atoms with Gasteiger partial charge in [0.1, 0.15) is 0 Å². The molecule has 1 aliphatic heterocycles. The van der Waals surface area contributed by atoms with Crippen molar-refractivity contribution >= 4 is 21.4 Å². The average Bonchev–Trinajstić information content (AvgIpc) is 2.57. The molecule has 100 valence electrons. The quantitative estimate of drug-likeness (QED) is 0.922. The first-order chi connectivity index (χ1) is 8.44. The molecule has 1 aromatic carbocycles. The first kappa shape index (κ1) is 13.8. The summed E-state index contributed by atoms with van der Waals surface area (Å²) in [5.74, 6) is 0.849. The van der Waals surface area contributed by atoms with Crippen molar-refractivity contribution in [3.8, 4) is 0 Å². The molecule has 0 radical (unpaired) electrons. The predicted octanol–water partition coefficient (Wildman–Crippen LogP) is 2.03. The van der Waals surface area contributed by atoms with Crippen LogP contribution in [0.2, 0.25) is 5.02 Å². The standard InChI is InChI=1S/C13H18ClNO2S/c14-12-3-1-2-10(6-12)7-13(15)8-11-4-5-18(16,17)9-11/h1-3,6,11,13H,4-5,7-9,15H2. The number of hydrogen-bond donors (Lipinski definition) is 1. The molecule has 1 aliphatic rings. The van der Waals surface area contributed by atoms with Crippen LogP contribution in [0.1, 0.15) is 18.4 Å². The molecule has 0 saturated carbocycles. The Morgan fingerprint density at radius 1 is 1.44 bits per heavy atom. The van der Waals surface area contributed by atoms with E-state index in [1.54, 1.807) is 0 Å². The van der Waals surface area contributed by atoms with Gasteiger partial charge in [0.2, 0.25) is 0 Å². The number of rotatable bonds is 4. The number of benzene rings is 1. The first-order valence-corrected chi connectivity index (χ1v) is 8.35. The molecule has 1 saturated heterocycles. The van der Waals surface area contributed by atoms with Gasteiger partial charge in [0.15, 0.2) is 9.84 Å². The zero-order chi connectivity index (χ0) is 13.2. The monoisotopic (exact) mass is 287 g/mol. The van der Waals surface area contributed by atoms with Gasteiger partial charge in [-0.05, 0) is 42.9 Å². The summed E-state index contributed by atoms with van der Waals surface area (Å²) in [6.07, 6.45) is 2.27. The molecule has 5 heteroatoms. The van der Waals surface area contributed by atoms with Crippen LogP contribution in [0.4, 0.5) is 0 Å². The van der Waals surface area contributed by atoms with Crippen molar-refractivity contribution in [2.45, 2.75) is 25.3 Å². The summed E-state index contributed by atoms with van der Waals surface area (Å²) in [4.78, 5) is 0. The zero-order valence-corrected chi connectivity index (χ0v) is 11.8. The maximum absolute atomic E-state index is 11.4. The Balaban J connectivity index is 1.88. The van der Waals surface area contributed by atoms with Gasteiger partial charge in [0, 0.05) is 11.1 Å². The van der Waals surface area contributed by atoms with E-state index in [-0.39, 0.29) is 12.0 Å². The van der Waals surface area contributed by atoms with Gasteiger partial charge in [0.05, 0.1) is 11.5 Å². The number of nitrogens with two attached hydrogens (primary N) is 1. The molecule has 1 fully saturated rings. The topological polar surface area (TPSA) is 60.2 Å². The fourth-order valence-corrected chi connectivity index (χ4v) is 4.63. The highest BCUT2D eigenvalue weighted by molar-refractivity contribution is 7.91. The van der Waals surface area contributed by atoms with E-state index in [0.29, 0.717) is 16.5 Å². The summed E-state index contributed by atoms with van der Waals surface area (Å²) >= 11 is 5.92. The Hall–Kier alpha value is -0.580. The van der Waals surface area contributed by atoms with Crippen LogP contribution in [0.25, 0.3) is 0 Å². The smallest absolute Gasteiger partial charge is 0.150 e. The van der Waals surface area contributed by atoms with Crippen molar-refractivity contribution in [1.82, 2.24) is 0 Å². The Kier molecular flexibility index (Phi) is 4.30. The summed E-state index contributed by atoms with van der Waals surface area (Å²) in [5.41, 5.74) is 7.19. The third-order valence-corrected chi connectivity index (χ3v) is 5.42. The number of halogens is 1. The minimum atomic E-state index is -2.80. The van der Waals surface area contributed by atoms with E-state index in [9.17, 15) is 8.42 Å². The van der Waals surface area contributed by atoms with Crippen molar-refractivity contribution < 1.29 is 8.42 Å². The fourth-order valence-electron chi connectivity index (χ4n) is 2.54. The first-order valence-electron chi connectivity index (χ1n) is 6.15. The van der Waals surface area contributed by atoms with Crippen molar-refractivity contribution in [2.24, 2.45) is 11.7 Å². The summed E-state index contributed by atoms with van der Waals surface area (Å²) in [7, 11) is -2.80. The van der Waals surface area contributed by atoms with E-state index in [2.05, 4.69) is 0 Å². The van der Waals surface area contributed by atoms with Gasteiger partial charge >= 0.3 is 0 Å². The lowest BCUT2D eigenvalue weighted by Crippen LogP contribution is -2.26. The van der Waals surface area contributed by atoms with Crippen LogP contribution < -0.4 is 5.73 Å². The van der Waals surface area contributed by atoms with Crippen molar-refractivity contribution in [3.05, 3.63) is 34.9 Å². The summed E-state index contributed by atoms with van der Waals surface area (Å²) in [6.45, 7) is 0. The van der Waals surface area contributed by atoms with Gasteiger partial charge in [0.25, 0.3) is 0 Å². The van der Waals surface area contributed by atoms with Crippen LogP contribution in [0.3, 0.4) is 0 Å². The van der Waals surface area contributed by atoms with Crippen LogP contribution in [0.15, 0.2) is 24.3 Å². The van der Waals surface area contributed by atoms with Crippen molar-refractivity contribution in [3.63, 3.8) is 0 Å². The minimum Gasteiger partial charge on any atom is -0.327 e. The van der Waals surface area contributed by atoms with Crippen LogP contribution in [-0.4, -0.2) is 26.0 Å². The number of sulfone groups is 1. The molecule has 0 bridgehead atoms. The average molecular weight is 288 g/mol. The molecule has 2 unspecified atom stereocenters. The lowest BCUT2D eigenvalue weighted by molar-refractivity contribution is 0.468. The lowest BCUT2D eigenvalue weighted by atomic mass is 9.95. The molecule has 18 heavy (non-hydrogen) atoms. The summed E-state index contributed by atoms with van der Waals surface area (Å²) in [5, 5.41) is 0.711. The third kappa shape index (κ3) is 3.97. The maximum atomic E-state index is 11.4. The van der Waals surface area contributed by atoms with Gasteiger partial charge in [-0.15, -0.1) is 0 Å². The van der Waals surface area contributed by atoms with E-state index < -0.39 is 9.84 Å². The second kappa shape index (κ2) is 5.59. The molecular weight excluding hydrogens is 270 g/mol. The molecular formula is C13H18ClNO2S. The Morgan fingerprint density at radius 2 is 2.22 bits per heavy atom. The second-order valence-corrected chi connectivity index (χ2v) is 7.76. The highest BCUT2D eigenvalue weighted by Gasteiger charge is 2.28. The molecule has 1 aromatic rings. The van der Waals surface area contributed by atoms with Gasteiger partial charge in [-0.3, -0.25) is 0 Å². The minimum absolute atomic E-state index is 0.00164. The predicted molar refractivity (Wildman–Crippen MR) is 74.5 cm³/mol. The van der Waals surface area contributed by atoms with Crippen molar-refractivity contribution in [2.75, 3.05) is 11.5 Å². The Labute approximate surface area is 113 Å². The fraction of sp³-hybridized carbons (Fsp3) is 0.538. The highest BCUT2D eigenvalue weighted by Crippen LogP contribution is 2.23. The van der Waals surface area contributed by atoms with E-state index in [0.717, 1.165) is 24.8 Å². The summed E-state index contributed by atoms with van der Waals surface area (Å²) < 4.78 is 22.7. The SMILES string of the molecule is NC(Cc1cccc(Cl)c1)CC1CCS(=O)(=O)C1. The zero-order valence-electron chi connectivity index (χ0n) is 10.2. The Bertz CT molecular complexity index is 515. The van der Waals surface area contributed by atoms with E-state index in [1.807, 2.05) is 24.3 Å². The highest BCUT2D eigenvalue weighted by atomic mass is 35.5. The van der Waals surface area contributed by atoms with E-state index >= 15 is 0 Å². The van der Waals surface area contributed by atoms with Crippen LogP contribution >= 0.6 is 11.6 Å². The van der Waals surface area contributed by atoms with Gasteiger partial charge in [-0.1, -0.05) is 23.7 Å². The molecule has 3 nitrogen and oxygen atoms in total. The molecule has 2 atom stereocenters. The molecule has 1 heterocycles. The van der Waals surface area contributed by atoms with Gasteiger partial charge in [-0.2, -0.15) is 0 Å². The molecule has 2 N–H and O–H groups in total. The number of hydrogen-bond acceptors (Lipinski definition) is 3. The van der Waals surface area contributed by atoms with Crippen molar-refractivity contribution in [1.29, 1.82) is 0 Å². The van der Waals surface area contributed by atoms with Gasteiger partial charge in [-0.25, -0.2) is 8.42 Å². The largest absolute Gasteiger partial charge is 0.327 e. The lowest BCUT2D eigenvalue weighted by Gasteiger charge is -2.15. The van der Waals surface area contributed by atoms with Crippen LogP contribution in [0.5, 0.6) is 0 Å². The summed E-state index contributed by atoms with van der Waals surface area (Å²) in [6, 6.07) is 7.65.